The number of carbonyl (C=O) groups is 1. The summed E-state index contributed by atoms with van der Waals surface area (Å²) in [6.07, 6.45) is 1.74. The number of carbonyl (C=O) groups excluding carboxylic acids is 1. The van der Waals surface area contributed by atoms with Crippen molar-refractivity contribution >= 4 is 21.8 Å². The van der Waals surface area contributed by atoms with E-state index in [4.69, 9.17) is 0 Å². The van der Waals surface area contributed by atoms with Gasteiger partial charge in [-0.05, 0) is 36.1 Å². The van der Waals surface area contributed by atoms with Gasteiger partial charge < -0.3 is 15.2 Å². The Morgan fingerprint density at radius 2 is 2.36 bits per heavy atom. The zero-order valence-corrected chi connectivity index (χ0v) is 9.89. The molecule has 5 heteroatoms. The van der Waals surface area contributed by atoms with Gasteiger partial charge in [0, 0.05) is 23.8 Å². The van der Waals surface area contributed by atoms with Gasteiger partial charge in [-0.1, -0.05) is 0 Å². The fourth-order valence-corrected chi connectivity index (χ4v) is 1.33. The van der Waals surface area contributed by atoms with Gasteiger partial charge in [-0.2, -0.15) is 0 Å². The van der Waals surface area contributed by atoms with Crippen molar-refractivity contribution in [3.8, 4) is 0 Å². The molecule has 0 aliphatic heterocycles. The van der Waals surface area contributed by atoms with Crippen molar-refractivity contribution in [2.45, 2.75) is 0 Å². The molecule has 14 heavy (non-hydrogen) atoms. The van der Waals surface area contributed by atoms with Crippen LogP contribution in [0.3, 0.4) is 0 Å². The van der Waals surface area contributed by atoms with Gasteiger partial charge in [-0.15, -0.1) is 0 Å². The molecule has 1 aromatic rings. The lowest BCUT2D eigenvalue weighted by Crippen LogP contribution is -2.31. The van der Waals surface area contributed by atoms with Gasteiger partial charge in [0.1, 0.15) is 5.69 Å². The molecule has 78 valence electrons. The molecule has 0 saturated carbocycles. The molecule has 1 amide bonds. The van der Waals surface area contributed by atoms with E-state index in [0.717, 1.165) is 11.0 Å². The van der Waals surface area contributed by atoms with E-state index in [-0.39, 0.29) is 5.91 Å². The molecule has 1 heterocycles. The number of aromatic amines is 1. The fourth-order valence-electron chi connectivity index (χ4n) is 0.987. The number of rotatable bonds is 4. The fraction of sp³-hybridized carbons (Fsp3) is 0.444. The van der Waals surface area contributed by atoms with Gasteiger partial charge in [0.05, 0.1) is 0 Å². The Morgan fingerprint density at radius 3 is 2.86 bits per heavy atom. The van der Waals surface area contributed by atoms with E-state index in [2.05, 4.69) is 26.2 Å². The molecule has 0 aliphatic carbocycles. The number of halogens is 1. The Morgan fingerprint density at radius 1 is 1.64 bits per heavy atom. The Kier molecular flexibility index (Phi) is 4.16. The minimum atomic E-state index is -0.0717. The molecule has 0 fully saturated rings. The van der Waals surface area contributed by atoms with Crippen LogP contribution in [0, 0.1) is 0 Å². The molecule has 1 rings (SSSR count). The van der Waals surface area contributed by atoms with E-state index in [1.807, 2.05) is 19.0 Å². The van der Waals surface area contributed by atoms with Crippen molar-refractivity contribution in [1.82, 2.24) is 15.2 Å². The first-order chi connectivity index (χ1) is 6.59. The summed E-state index contributed by atoms with van der Waals surface area (Å²) in [5.41, 5.74) is 0.579. The molecule has 0 spiro atoms. The van der Waals surface area contributed by atoms with E-state index in [9.17, 15) is 4.79 Å². The molecule has 0 radical (unpaired) electrons. The predicted octanol–water partition coefficient (Wildman–Crippen LogP) is 1.07. The number of nitrogens with one attached hydrogen (secondary N) is 2. The molecular weight excluding hydrogens is 246 g/mol. The van der Waals surface area contributed by atoms with Crippen LogP contribution in [0.2, 0.25) is 0 Å². The number of amides is 1. The smallest absolute Gasteiger partial charge is 0.267 e. The summed E-state index contributed by atoms with van der Waals surface area (Å²) >= 11 is 3.27. The van der Waals surface area contributed by atoms with Gasteiger partial charge in [0.25, 0.3) is 5.91 Å². The SMILES string of the molecule is CN(C)CCNC(=O)c1cc(Br)c[nH]1. The third-order valence-corrected chi connectivity index (χ3v) is 2.19. The van der Waals surface area contributed by atoms with Crippen LogP contribution in [-0.2, 0) is 0 Å². The van der Waals surface area contributed by atoms with Crippen molar-refractivity contribution in [2.24, 2.45) is 0 Å². The van der Waals surface area contributed by atoms with Gasteiger partial charge in [-0.3, -0.25) is 4.79 Å². The Hall–Kier alpha value is -0.810. The van der Waals surface area contributed by atoms with Crippen molar-refractivity contribution in [3.05, 3.63) is 22.4 Å². The highest BCUT2D eigenvalue weighted by atomic mass is 79.9. The van der Waals surface area contributed by atoms with Crippen LogP contribution in [0.1, 0.15) is 10.5 Å². The van der Waals surface area contributed by atoms with Crippen molar-refractivity contribution in [2.75, 3.05) is 27.2 Å². The normalized spacial score (nSPS) is 10.6. The summed E-state index contributed by atoms with van der Waals surface area (Å²) in [7, 11) is 3.94. The molecule has 0 aromatic carbocycles. The number of hydrogen-bond donors (Lipinski definition) is 2. The van der Waals surface area contributed by atoms with Crippen LogP contribution in [-0.4, -0.2) is 43.0 Å². The zero-order valence-electron chi connectivity index (χ0n) is 8.30. The maximum atomic E-state index is 11.5. The largest absolute Gasteiger partial charge is 0.356 e. The summed E-state index contributed by atoms with van der Waals surface area (Å²) in [6, 6.07) is 1.75. The van der Waals surface area contributed by atoms with Gasteiger partial charge in [0.15, 0.2) is 0 Å². The topological polar surface area (TPSA) is 48.1 Å². The molecule has 0 atom stereocenters. The lowest BCUT2D eigenvalue weighted by atomic mass is 10.4. The highest BCUT2D eigenvalue weighted by Gasteiger charge is 2.06. The van der Waals surface area contributed by atoms with Crippen molar-refractivity contribution < 1.29 is 4.79 Å². The lowest BCUT2D eigenvalue weighted by molar-refractivity contribution is 0.0946. The van der Waals surface area contributed by atoms with Crippen LogP contribution in [0.5, 0.6) is 0 Å². The Labute approximate surface area is 91.8 Å². The molecule has 0 bridgehead atoms. The summed E-state index contributed by atoms with van der Waals surface area (Å²) in [5.74, 6) is -0.0717. The maximum absolute atomic E-state index is 11.5. The predicted molar refractivity (Wildman–Crippen MR) is 59.4 cm³/mol. The van der Waals surface area contributed by atoms with Gasteiger partial charge in [0.2, 0.25) is 0 Å². The average Bonchev–Trinajstić information content (AvgIpc) is 2.51. The molecule has 0 aliphatic rings. The first-order valence-corrected chi connectivity index (χ1v) is 5.16. The van der Waals surface area contributed by atoms with Gasteiger partial charge in [-0.25, -0.2) is 0 Å². The molecule has 2 N–H and O–H groups in total. The van der Waals surface area contributed by atoms with Crippen LogP contribution in [0.4, 0.5) is 0 Å². The highest BCUT2D eigenvalue weighted by molar-refractivity contribution is 9.10. The Bertz CT molecular complexity index is 309. The van der Waals surface area contributed by atoms with E-state index in [1.54, 1.807) is 12.3 Å². The quantitative estimate of drug-likeness (QED) is 0.850. The molecule has 0 saturated heterocycles. The summed E-state index contributed by atoms with van der Waals surface area (Å²) < 4.78 is 0.884. The standard InChI is InChI=1S/C9H14BrN3O/c1-13(2)4-3-11-9(14)8-5-7(10)6-12-8/h5-6,12H,3-4H2,1-2H3,(H,11,14). The first-order valence-electron chi connectivity index (χ1n) is 4.36. The van der Waals surface area contributed by atoms with Crippen molar-refractivity contribution in [3.63, 3.8) is 0 Å². The average molecular weight is 260 g/mol. The molecule has 4 nitrogen and oxygen atoms in total. The van der Waals surface area contributed by atoms with E-state index >= 15 is 0 Å². The second-order valence-electron chi connectivity index (χ2n) is 3.29. The molecular formula is C9H14BrN3O. The van der Waals surface area contributed by atoms with Crippen LogP contribution in [0.15, 0.2) is 16.7 Å². The summed E-state index contributed by atoms with van der Waals surface area (Å²) in [4.78, 5) is 16.3. The van der Waals surface area contributed by atoms with E-state index in [0.29, 0.717) is 12.2 Å². The number of likely N-dealkylation sites (N-methyl/N-ethyl adjacent to an activating group) is 1. The third kappa shape index (κ3) is 3.51. The number of H-pyrrole nitrogens is 1. The maximum Gasteiger partial charge on any atom is 0.267 e. The molecule has 0 unspecified atom stereocenters. The van der Waals surface area contributed by atoms with Crippen LogP contribution in [0.25, 0.3) is 0 Å². The van der Waals surface area contributed by atoms with E-state index in [1.165, 1.54) is 0 Å². The van der Waals surface area contributed by atoms with Crippen molar-refractivity contribution in [1.29, 1.82) is 0 Å². The Balaban J connectivity index is 2.36. The highest BCUT2D eigenvalue weighted by Crippen LogP contribution is 2.09. The third-order valence-electron chi connectivity index (χ3n) is 1.74. The monoisotopic (exact) mass is 259 g/mol. The minimum Gasteiger partial charge on any atom is -0.356 e. The molecule has 1 aromatic heterocycles. The summed E-state index contributed by atoms with van der Waals surface area (Å²) in [6.45, 7) is 1.50. The van der Waals surface area contributed by atoms with E-state index < -0.39 is 0 Å². The number of hydrogen-bond acceptors (Lipinski definition) is 2. The lowest BCUT2D eigenvalue weighted by Gasteiger charge is -2.09. The van der Waals surface area contributed by atoms with Crippen LogP contribution < -0.4 is 5.32 Å². The first kappa shape index (κ1) is 11.3. The summed E-state index contributed by atoms with van der Waals surface area (Å²) in [5, 5.41) is 2.81. The van der Waals surface area contributed by atoms with Gasteiger partial charge >= 0.3 is 0 Å². The number of aromatic nitrogens is 1. The second-order valence-corrected chi connectivity index (χ2v) is 4.21. The zero-order chi connectivity index (χ0) is 10.6. The second kappa shape index (κ2) is 5.17. The minimum absolute atomic E-state index is 0.0717. The van der Waals surface area contributed by atoms with Crippen LogP contribution >= 0.6 is 15.9 Å². The number of nitrogens with zero attached hydrogens (tertiary/aromatic N) is 1.